The Morgan fingerprint density at radius 1 is 0.506 bits per heavy atom. The molecule has 0 atom stereocenters. The average molecular weight is 1260 g/mol. The fourth-order valence-electron chi connectivity index (χ4n) is 12.0. The van der Waals surface area contributed by atoms with Crippen molar-refractivity contribution in [1.29, 1.82) is 0 Å². The molecule has 398 valence electrons. The largest absolute Gasteiger partial charge is 0.510 e. The van der Waals surface area contributed by atoms with Crippen LogP contribution in [0.4, 0.5) is 0 Å². The minimum Gasteiger partial charge on any atom is -0.510 e. The molecule has 0 fully saturated rings. The standard InChI is InChI=1S/C76H50N4O2.Pt/c1-76(2,3)52-39-40-77-72(44-52)80-67-33-14-12-27-60(67)61-37-36-55(46-68(61)80)81-54-24-16-23-53(45-54)78-47-79-74-57(49-21-8-5-9-22-49)30-18-32-64(74)73-56(48-19-6-4-7-20-48)29-17-31-63(73)58-25-10-11-26-59(58)66-42-51(43-69(78)75(66)79)50-35-38-71-65(41-50)62-28-13-15-34-70(62)82-71;/h4-44H,1-3H3;/q-2;/i4D,5D,6D,7D,8D,9D,19D,20D,21D,22D;. The van der Waals surface area contributed by atoms with Gasteiger partial charge in [0.25, 0.3) is 6.33 Å². The van der Waals surface area contributed by atoms with Gasteiger partial charge in [0.2, 0.25) is 0 Å². The third-order valence-electron chi connectivity index (χ3n) is 15.7. The van der Waals surface area contributed by atoms with Crippen molar-refractivity contribution in [3.8, 4) is 95.5 Å². The first-order chi connectivity index (χ1) is 44.4. The SMILES string of the molecule is [2H]c1c([2H])c([2H])c(-c2cccc3c2-c2cccc(-c4c([2H])c([2H])c([2H])c([2H])c4[2H])c2-[n+]2[c-]n(-c4[c-]c(Oc5[c-]c6c(cc5)c5ccccc5n6-c5cc(C(C)(C)C)ccn5)ccc4)c4cc(-c5ccc6oc7ccccc7c6c5)cc(c42)-c2ccccc2-3)c([2H])c1[2H].[Pt]. The van der Waals surface area contributed by atoms with Crippen LogP contribution in [0, 0.1) is 18.5 Å². The van der Waals surface area contributed by atoms with E-state index in [1.165, 1.54) is 0 Å². The van der Waals surface area contributed by atoms with Gasteiger partial charge in [-0.1, -0.05) is 196 Å². The molecule has 6 nitrogen and oxygen atoms in total. The van der Waals surface area contributed by atoms with Crippen molar-refractivity contribution in [1.82, 2.24) is 14.1 Å². The Labute approximate surface area is 509 Å². The number of ether oxygens (including phenoxy) is 1. The van der Waals surface area contributed by atoms with Crippen LogP contribution in [0.25, 0.3) is 139 Å². The molecule has 4 aromatic heterocycles. The molecule has 7 heteroatoms. The predicted octanol–water partition coefficient (Wildman–Crippen LogP) is 19.1. The fraction of sp³-hybridized carbons (Fsp3) is 0.0526. The van der Waals surface area contributed by atoms with Crippen LogP contribution in [0.3, 0.4) is 0 Å². The molecule has 0 saturated carbocycles. The molecule has 0 bridgehead atoms. The first-order valence-corrected chi connectivity index (χ1v) is 27.0. The maximum atomic E-state index is 9.57. The summed E-state index contributed by atoms with van der Waals surface area (Å²) in [7, 11) is 0. The molecule has 11 aromatic carbocycles. The first-order valence-electron chi connectivity index (χ1n) is 32.0. The average Bonchev–Trinajstić information content (AvgIpc) is 1.62. The second kappa shape index (κ2) is 19.7. The van der Waals surface area contributed by atoms with Crippen molar-refractivity contribution in [2.75, 3.05) is 0 Å². The van der Waals surface area contributed by atoms with Gasteiger partial charge in [-0.3, -0.25) is 4.57 Å². The van der Waals surface area contributed by atoms with Gasteiger partial charge in [0, 0.05) is 55.1 Å². The number of aromatic nitrogens is 4. The summed E-state index contributed by atoms with van der Waals surface area (Å²) in [5.74, 6) is 1.53. The zero-order valence-electron chi connectivity index (χ0n) is 54.8. The minimum atomic E-state index is -0.559. The van der Waals surface area contributed by atoms with Crippen molar-refractivity contribution >= 4 is 54.8 Å². The number of rotatable bonds is 7. The van der Waals surface area contributed by atoms with E-state index < -0.39 is 60.4 Å². The second-order valence-corrected chi connectivity index (χ2v) is 21.5. The van der Waals surface area contributed by atoms with Crippen LogP contribution in [0.2, 0.25) is 0 Å². The fourth-order valence-corrected chi connectivity index (χ4v) is 12.0. The zero-order valence-corrected chi connectivity index (χ0v) is 47.1. The summed E-state index contributed by atoms with van der Waals surface area (Å²) in [5, 5.41) is 3.88. The Balaban J connectivity index is 0.00000716. The second-order valence-electron chi connectivity index (χ2n) is 21.5. The first kappa shape index (κ1) is 40.3. The minimum absolute atomic E-state index is 0. The smallest absolute Gasteiger partial charge is 0.268 e. The molecule has 1 aliphatic heterocycles. The number of pyridine rings is 1. The monoisotopic (exact) mass is 1260 g/mol. The molecule has 16 rings (SSSR count). The molecule has 0 amide bonds. The van der Waals surface area contributed by atoms with Gasteiger partial charge in [0.1, 0.15) is 17.0 Å². The molecule has 15 aromatic rings. The van der Waals surface area contributed by atoms with E-state index >= 15 is 0 Å². The molecule has 0 unspecified atom stereocenters. The molecule has 5 heterocycles. The topological polar surface area (TPSA) is 49.0 Å². The summed E-state index contributed by atoms with van der Waals surface area (Å²) in [6.45, 7) is 6.54. The van der Waals surface area contributed by atoms with Crippen molar-refractivity contribution in [2.24, 2.45) is 0 Å². The van der Waals surface area contributed by atoms with Crippen LogP contribution in [0.15, 0.2) is 253 Å². The van der Waals surface area contributed by atoms with Crippen LogP contribution >= 0.6 is 0 Å². The van der Waals surface area contributed by atoms with Gasteiger partial charge in [-0.25, -0.2) is 4.98 Å². The Morgan fingerprint density at radius 3 is 1.98 bits per heavy atom. The maximum Gasteiger partial charge on any atom is 0.268 e. The summed E-state index contributed by atoms with van der Waals surface area (Å²) < 4.78 is 110. The molecular formula is C76H50N4O2Pt-2. The molecule has 0 radical (unpaired) electrons. The van der Waals surface area contributed by atoms with E-state index in [4.69, 9.17) is 22.4 Å². The van der Waals surface area contributed by atoms with Crippen LogP contribution in [0.1, 0.15) is 40.0 Å². The normalized spacial score (nSPS) is 13.6. The van der Waals surface area contributed by atoms with E-state index in [2.05, 4.69) is 80.2 Å². The molecule has 0 aliphatic carbocycles. The van der Waals surface area contributed by atoms with Gasteiger partial charge >= 0.3 is 0 Å². The van der Waals surface area contributed by atoms with Crippen molar-refractivity contribution in [3.63, 3.8) is 0 Å². The number of hydrogen-bond donors (Lipinski definition) is 0. The van der Waals surface area contributed by atoms with E-state index in [0.29, 0.717) is 56.2 Å². The number of hydrogen-bond acceptors (Lipinski definition) is 3. The molecule has 0 N–H and O–H groups in total. The predicted molar refractivity (Wildman–Crippen MR) is 332 cm³/mol. The molecule has 83 heavy (non-hydrogen) atoms. The van der Waals surface area contributed by atoms with Crippen molar-refractivity contribution in [2.45, 2.75) is 26.2 Å². The van der Waals surface area contributed by atoms with Crippen molar-refractivity contribution < 1.29 is 48.5 Å². The quantitative estimate of drug-likeness (QED) is 0.118. The van der Waals surface area contributed by atoms with Crippen LogP contribution in [0.5, 0.6) is 11.5 Å². The van der Waals surface area contributed by atoms with E-state index in [-0.39, 0.29) is 43.2 Å². The van der Waals surface area contributed by atoms with Crippen LogP contribution < -0.4 is 9.30 Å². The number of fused-ring (bicyclic) bond motifs is 13. The van der Waals surface area contributed by atoms with E-state index in [1.807, 2.05) is 143 Å². The molecule has 1 aliphatic rings. The van der Waals surface area contributed by atoms with Crippen LogP contribution in [-0.2, 0) is 26.5 Å². The number of benzene rings is 11. The summed E-state index contributed by atoms with van der Waals surface area (Å²) in [6.07, 6.45) is 5.60. The summed E-state index contributed by atoms with van der Waals surface area (Å²) >= 11 is 0. The maximum absolute atomic E-state index is 9.57. The number of furan rings is 1. The van der Waals surface area contributed by atoms with Gasteiger partial charge in [-0.05, 0) is 131 Å². The molecule has 0 spiro atoms. The van der Waals surface area contributed by atoms with E-state index in [1.54, 1.807) is 18.2 Å². The Kier molecular flexibility index (Phi) is 9.57. The van der Waals surface area contributed by atoms with Crippen LogP contribution in [-0.4, -0.2) is 14.1 Å². The summed E-state index contributed by atoms with van der Waals surface area (Å²) in [4.78, 5) is 4.88. The molecule has 0 saturated heterocycles. The summed E-state index contributed by atoms with van der Waals surface area (Å²) in [5.41, 5.74) is 12.1. The van der Waals surface area contributed by atoms with E-state index in [9.17, 15) is 5.48 Å². The Hall–Kier alpha value is -9.87. The van der Waals surface area contributed by atoms with Gasteiger partial charge in [0.05, 0.1) is 30.4 Å². The number of imidazole rings is 1. The zero-order chi connectivity index (χ0) is 63.3. The number of nitrogens with zero attached hydrogens (tertiary/aromatic N) is 4. The van der Waals surface area contributed by atoms with Gasteiger partial charge < -0.3 is 18.3 Å². The Bertz CT molecular complexity index is 5650. The van der Waals surface area contributed by atoms with E-state index in [0.717, 1.165) is 82.9 Å². The number of para-hydroxylation sites is 3. The van der Waals surface area contributed by atoms with Crippen molar-refractivity contribution in [3.05, 3.63) is 273 Å². The third-order valence-corrected chi connectivity index (χ3v) is 15.7. The van der Waals surface area contributed by atoms with Gasteiger partial charge in [0.15, 0.2) is 0 Å². The van der Waals surface area contributed by atoms with Gasteiger partial charge in [-0.15, -0.1) is 29.7 Å². The Morgan fingerprint density at radius 2 is 1.17 bits per heavy atom. The van der Waals surface area contributed by atoms with Gasteiger partial charge in [-0.2, -0.15) is 18.2 Å². The molecular weight excluding hydrogens is 1200 g/mol. The summed E-state index contributed by atoms with van der Waals surface area (Å²) in [6, 6.07) is 61.2. The third kappa shape index (κ3) is 8.27.